The number of carboxylic acid groups (broad SMARTS) is 1. The van der Waals surface area contributed by atoms with Crippen LogP contribution in [0.1, 0.15) is 19.8 Å². The molecule has 0 aliphatic rings. The lowest BCUT2D eigenvalue weighted by Gasteiger charge is -2.22. The number of hydrogen-bond acceptors (Lipinski definition) is 8. The van der Waals surface area contributed by atoms with Crippen molar-refractivity contribution in [2.45, 2.75) is 44.0 Å². The van der Waals surface area contributed by atoms with Crippen molar-refractivity contribution in [3.63, 3.8) is 0 Å². The normalized spacial score (nSPS) is 14.6. The van der Waals surface area contributed by atoms with Crippen LogP contribution in [0.5, 0.6) is 0 Å². The zero-order chi connectivity index (χ0) is 22.6. The standard InChI is InChI=1S/C15H29N7O7/c1-7(24)11(22-12(26)8(16)3-2-4-19-15(17)18)13(27)20-5-10(25)21-9(6-23)14(28)29/h7-9,11,23-24H,2-6,16H2,1H3,(H,20,27)(H,21,25)(H,22,26)(H,28,29)(H4,17,18,19). The molecular weight excluding hydrogens is 390 g/mol. The number of nitrogens with two attached hydrogens (primary N) is 3. The molecule has 0 aromatic carbocycles. The van der Waals surface area contributed by atoms with Gasteiger partial charge in [0.1, 0.15) is 12.1 Å². The van der Waals surface area contributed by atoms with Gasteiger partial charge in [0.25, 0.3) is 0 Å². The largest absolute Gasteiger partial charge is 0.480 e. The lowest BCUT2D eigenvalue weighted by molar-refractivity contribution is -0.142. The van der Waals surface area contributed by atoms with Crippen LogP contribution in [-0.2, 0) is 19.2 Å². The van der Waals surface area contributed by atoms with Gasteiger partial charge in [0.2, 0.25) is 17.7 Å². The molecule has 14 nitrogen and oxygen atoms in total. The first-order chi connectivity index (χ1) is 13.5. The van der Waals surface area contributed by atoms with Gasteiger partial charge in [0.15, 0.2) is 5.96 Å². The second kappa shape index (κ2) is 13.2. The first kappa shape index (κ1) is 26.0. The highest BCUT2D eigenvalue weighted by Crippen LogP contribution is 1.99. The van der Waals surface area contributed by atoms with Gasteiger partial charge in [-0.3, -0.25) is 19.4 Å². The number of aliphatic carboxylic acids is 1. The van der Waals surface area contributed by atoms with Gasteiger partial charge >= 0.3 is 5.97 Å². The molecule has 0 fully saturated rings. The third-order valence-electron chi connectivity index (χ3n) is 3.61. The zero-order valence-corrected chi connectivity index (χ0v) is 16.0. The van der Waals surface area contributed by atoms with E-state index in [1.807, 2.05) is 5.32 Å². The van der Waals surface area contributed by atoms with Crippen LogP contribution >= 0.6 is 0 Å². The summed E-state index contributed by atoms with van der Waals surface area (Å²) in [7, 11) is 0. The van der Waals surface area contributed by atoms with Crippen LogP contribution in [0.3, 0.4) is 0 Å². The molecule has 3 amide bonds. The number of carbonyl (C=O) groups excluding carboxylic acids is 3. The molecule has 14 heteroatoms. The highest BCUT2D eigenvalue weighted by Gasteiger charge is 2.28. The molecule has 0 radical (unpaired) electrons. The van der Waals surface area contributed by atoms with Gasteiger partial charge in [-0.25, -0.2) is 4.79 Å². The Morgan fingerprint density at radius 1 is 1.10 bits per heavy atom. The van der Waals surface area contributed by atoms with Gasteiger partial charge in [-0.15, -0.1) is 0 Å². The summed E-state index contributed by atoms with van der Waals surface area (Å²) in [6.45, 7) is 0.0553. The van der Waals surface area contributed by atoms with E-state index in [2.05, 4.69) is 15.6 Å². The minimum absolute atomic E-state index is 0.0911. The Morgan fingerprint density at radius 3 is 2.21 bits per heavy atom. The van der Waals surface area contributed by atoms with Gasteiger partial charge in [-0.1, -0.05) is 0 Å². The molecule has 0 aromatic heterocycles. The molecule has 0 bridgehead atoms. The molecule has 29 heavy (non-hydrogen) atoms. The highest BCUT2D eigenvalue weighted by molar-refractivity contribution is 5.92. The van der Waals surface area contributed by atoms with Crippen molar-refractivity contribution in [3.8, 4) is 0 Å². The van der Waals surface area contributed by atoms with Crippen LogP contribution < -0.4 is 33.2 Å². The molecule has 166 valence electrons. The van der Waals surface area contributed by atoms with E-state index in [4.69, 9.17) is 27.4 Å². The van der Waals surface area contributed by atoms with Crippen LogP contribution in [0.15, 0.2) is 4.99 Å². The molecule has 4 unspecified atom stereocenters. The van der Waals surface area contributed by atoms with Gasteiger partial charge in [0.05, 0.1) is 25.3 Å². The lowest BCUT2D eigenvalue weighted by atomic mass is 10.1. The first-order valence-corrected chi connectivity index (χ1v) is 8.69. The summed E-state index contributed by atoms with van der Waals surface area (Å²) in [6.07, 6.45) is -0.676. The fourth-order valence-corrected chi connectivity index (χ4v) is 2.02. The molecule has 4 atom stereocenters. The number of nitrogens with one attached hydrogen (secondary N) is 3. The summed E-state index contributed by atoms with van der Waals surface area (Å²) >= 11 is 0. The quantitative estimate of drug-likeness (QED) is 0.0779. The zero-order valence-electron chi connectivity index (χ0n) is 16.0. The second-order valence-electron chi connectivity index (χ2n) is 6.14. The molecule has 12 N–H and O–H groups in total. The predicted octanol–water partition coefficient (Wildman–Crippen LogP) is -5.09. The average molecular weight is 419 g/mol. The summed E-state index contributed by atoms with van der Waals surface area (Å²) in [5.74, 6) is -4.01. The molecule has 0 rings (SSSR count). The number of nitrogens with zero attached hydrogens (tertiary/aromatic N) is 1. The van der Waals surface area contributed by atoms with E-state index >= 15 is 0 Å². The second-order valence-corrected chi connectivity index (χ2v) is 6.14. The molecule has 0 heterocycles. The molecule has 0 saturated carbocycles. The minimum atomic E-state index is -1.52. The number of aliphatic hydroxyl groups is 2. The maximum atomic E-state index is 12.2. The van der Waals surface area contributed by atoms with Crippen LogP contribution in [0.2, 0.25) is 0 Å². The van der Waals surface area contributed by atoms with Gasteiger partial charge < -0.3 is 48.5 Å². The summed E-state index contributed by atoms with van der Waals surface area (Å²) < 4.78 is 0. The van der Waals surface area contributed by atoms with Crippen molar-refractivity contribution in [1.29, 1.82) is 0 Å². The maximum Gasteiger partial charge on any atom is 0.328 e. The Morgan fingerprint density at radius 2 is 1.72 bits per heavy atom. The number of hydrogen-bond donors (Lipinski definition) is 9. The van der Waals surface area contributed by atoms with E-state index in [9.17, 15) is 24.3 Å². The number of carbonyl (C=O) groups is 4. The van der Waals surface area contributed by atoms with Crippen molar-refractivity contribution in [2.75, 3.05) is 19.7 Å². The average Bonchev–Trinajstić information content (AvgIpc) is 2.64. The number of rotatable bonds is 13. The Hall–Kier alpha value is -2.97. The summed E-state index contributed by atoms with van der Waals surface area (Å²) in [6, 6.07) is -3.90. The first-order valence-electron chi connectivity index (χ1n) is 8.69. The Labute approximate surface area is 166 Å². The predicted molar refractivity (Wildman–Crippen MR) is 101 cm³/mol. The lowest BCUT2D eigenvalue weighted by Crippen LogP contribution is -2.57. The number of amides is 3. The summed E-state index contributed by atoms with van der Waals surface area (Å²) in [4.78, 5) is 50.4. The van der Waals surface area contributed by atoms with Crippen molar-refractivity contribution in [1.82, 2.24) is 16.0 Å². The van der Waals surface area contributed by atoms with Crippen molar-refractivity contribution < 1.29 is 34.5 Å². The van der Waals surface area contributed by atoms with E-state index < -0.39 is 61.1 Å². The van der Waals surface area contributed by atoms with Gasteiger partial charge in [-0.2, -0.15) is 0 Å². The SMILES string of the molecule is CC(O)C(NC(=O)C(N)CCCN=C(N)N)C(=O)NCC(=O)NC(CO)C(=O)O. The van der Waals surface area contributed by atoms with Crippen molar-refractivity contribution in [2.24, 2.45) is 22.2 Å². The molecule has 0 aromatic rings. The topological polar surface area (TPSA) is 255 Å². The third-order valence-corrected chi connectivity index (χ3v) is 3.61. The highest BCUT2D eigenvalue weighted by atomic mass is 16.4. The van der Waals surface area contributed by atoms with E-state index in [1.165, 1.54) is 6.92 Å². The van der Waals surface area contributed by atoms with Crippen LogP contribution in [0, 0.1) is 0 Å². The van der Waals surface area contributed by atoms with E-state index in [1.54, 1.807) is 0 Å². The van der Waals surface area contributed by atoms with Crippen molar-refractivity contribution >= 4 is 29.7 Å². The Bertz CT molecular complexity index is 608. The number of aliphatic imine (C=N–C) groups is 1. The molecule has 0 saturated heterocycles. The fraction of sp³-hybridized carbons (Fsp3) is 0.667. The van der Waals surface area contributed by atoms with Crippen LogP contribution in [0.4, 0.5) is 0 Å². The van der Waals surface area contributed by atoms with Gasteiger partial charge in [0, 0.05) is 6.54 Å². The van der Waals surface area contributed by atoms with Crippen LogP contribution in [0.25, 0.3) is 0 Å². The van der Waals surface area contributed by atoms with E-state index in [-0.39, 0.29) is 18.9 Å². The van der Waals surface area contributed by atoms with E-state index in [0.29, 0.717) is 6.42 Å². The molecule has 0 aliphatic carbocycles. The molecule has 0 aliphatic heterocycles. The fourth-order valence-electron chi connectivity index (χ4n) is 2.02. The Kier molecular flexibility index (Phi) is 11.9. The summed E-state index contributed by atoms with van der Waals surface area (Å²) in [5, 5.41) is 33.7. The van der Waals surface area contributed by atoms with E-state index in [0.717, 1.165) is 0 Å². The summed E-state index contributed by atoms with van der Waals surface area (Å²) in [5.41, 5.74) is 16.1. The Balaban J connectivity index is 4.62. The van der Waals surface area contributed by atoms with Crippen molar-refractivity contribution in [3.05, 3.63) is 0 Å². The van der Waals surface area contributed by atoms with Crippen LogP contribution in [-0.4, -0.2) is 88.9 Å². The molecule has 0 spiro atoms. The number of aliphatic hydroxyl groups excluding tert-OH is 2. The van der Waals surface area contributed by atoms with Gasteiger partial charge in [-0.05, 0) is 19.8 Å². The third kappa shape index (κ3) is 10.8. The number of carboxylic acids is 1. The smallest absolute Gasteiger partial charge is 0.328 e. The monoisotopic (exact) mass is 419 g/mol. The maximum absolute atomic E-state index is 12.2. The number of guanidine groups is 1. The molecular formula is C15H29N7O7. The minimum Gasteiger partial charge on any atom is -0.480 e.